The van der Waals surface area contributed by atoms with Crippen LogP contribution in [0.4, 0.5) is 5.82 Å². The maximum absolute atomic E-state index is 12.4. The number of aromatic hydroxyl groups is 1. The number of nitrogens with zero attached hydrogens (tertiary/aromatic N) is 2. The molecule has 28 heavy (non-hydrogen) atoms. The molecule has 1 aliphatic heterocycles. The van der Waals surface area contributed by atoms with Gasteiger partial charge in [-0.25, -0.2) is 4.68 Å². The molecule has 0 bridgehead atoms. The van der Waals surface area contributed by atoms with Crippen molar-refractivity contribution in [1.82, 2.24) is 9.78 Å². The van der Waals surface area contributed by atoms with Crippen LogP contribution >= 0.6 is 23.4 Å². The number of fused-ring (bicyclic) bond motifs is 1. The fourth-order valence-corrected chi connectivity index (χ4v) is 4.66. The molecule has 0 saturated heterocycles. The molecule has 1 atom stereocenters. The smallest absolute Gasteiger partial charge is 0.235 e. The number of carbonyl (C=O) groups is 1. The Morgan fingerprint density at radius 2 is 2.14 bits per heavy atom. The standard InChI is InChI=1S/C20H18ClN3O3S/c1-11-18-19(12-6-7-15(25)16(8-12)27-2)28-10-17(26)22-20(18)24(23-11)14-5-3-4-13(21)9-14/h3-9,19,25H,10H2,1-2H3,(H,22,26). The van der Waals surface area contributed by atoms with E-state index in [-0.39, 0.29) is 16.9 Å². The molecule has 0 spiro atoms. The Balaban J connectivity index is 1.89. The van der Waals surface area contributed by atoms with Crippen LogP contribution in [0, 0.1) is 6.92 Å². The second-order valence-electron chi connectivity index (χ2n) is 6.41. The van der Waals surface area contributed by atoms with Gasteiger partial charge in [0.2, 0.25) is 5.91 Å². The molecule has 144 valence electrons. The van der Waals surface area contributed by atoms with Gasteiger partial charge >= 0.3 is 0 Å². The van der Waals surface area contributed by atoms with Crippen LogP contribution in [-0.2, 0) is 4.79 Å². The lowest BCUT2D eigenvalue weighted by Crippen LogP contribution is -2.15. The number of aromatic nitrogens is 2. The molecule has 1 unspecified atom stereocenters. The number of hydrogen-bond acceptors (Lipinski definition) is 5. The summed E-state index contributed by atoms with van der Waals surface area (Å²) in [5.41, 5.74) is 3.42. The maximum Gasteiger partial charge on any atom is 0.235 e. The zero-order chi connectivity index (χ0) is 19.8. The van der Waals surface area contributed by atoms with Gasteiger partial charge in [-0.1, -0.05) is 23.7 Å². The highest BCUT2D eigenvalue weighted by atomic mass is 35.5. The summed E-state index contributed by atoms with van der Waals surface area (Å²) in [6.07, 6.45) is 0. The van der Waals surface area contributed by atoms with Gasteiger partial charge in [-0.3, -0.25) is 4.79 Å². The van der Waals surface area contributed by atoms with Gasteiger partial charge in [0.15, 0.2) is 11.5 Å². The second-order valence-corrected chi connectivity index (χ2v) is 7.94. The number of rotatable bonds is 3. The van der Waals surface area contributed by atoms with E-state index in [0.717, 1.165) is 22.5 Å². The number of phenols is 1. The predicted octanol–water partition coefficient (Wildman–Crippen LogP) is 4.32. The number of phenolic OH excluding ortho intramolecular Hbond substituents is 1. The molecule has 0 saturated carbocycles. The van der Waals surface area contributed by atoms with Gasteiger partial charge in [-0.2, -0.15) is 5.10 Å². The fourth-order valence-electron chi connectivity index (χ4n) is 3.30. The third-order valence-corrected chi connectivity index (χ3v) is 6.07. The molecular weight excluding hydrogens is 398 g/mol. The minimum atomic E-state index is -0.142. The van der Waals surface area contributed by atoms with E-state index in [9.17, 15) is 9.90 Å². The first-order chi connectivity index (χ1) is 13.5. The van der Waals surface area contributed by atoms with Crippen LogP contribution in [0.3, 0.4) is 0 Å². The van der Waals surface area contributed by atoms with Crippen molar-refractivity contribution in [3.8, 4) is 17.2 Å². The number of nitrogens with one attached hydrogen (secondary N) is 1. The SMILES string of the molecule is COc1cc(C2SCC(=O)Nc3c2c(C)nn3-c2cccc(Cl)c2)ccc1O. The van der Waals surface area contributed by atoms with E-state index in [1.165, 1.54) is 18.9 Å². The first-order valence-electron chi connectivity index (χ1n) is 8.61. The number of hydrogen-bond donors (Lipinski definition) is 2. The van der Waals surface area contributed by atoms with Crippen molar-refractivity contribution >= 4 is 35.1 Å². The van der Waals surface area contributed by atoms with E-state index in [1.54, 1.807) is 28.9 Å². The van der Waals surface area contributed by atoms with Crippen molar-refractivity contribution < 1.29 is 14.6 Å². The summed E-state index contributed by atoms with van der Waals surface area (Å²) in [5.74, 6) is 1.31. The third kappa shape index (κ3) is 3.31. The molecule has 0 radical (unpaired) electrons. The molecule has 6 nitrogen and oxygen atoms in total. The van der Waals surface area contributed by atoms with Gasteiger partial charge < -0.3 is 15.2 Å². The first-order valence-corrected chi connectivity index (χ1v) is 10.0. The van der Waals surface area contributed by atoms with Crippen LogP contribution < -0.4 is 10.1 Å². The number of methoxy groups -OCH3 is 1. The summed E-state index contributed by atoms with van der Waals surface area (Å²) in [5, 5.41) is 18.0. The Morgan fingerprint density at radius 3 is 2.89 bits per heavy atom. The molecular formula is C20H18ClN3O3S. The van der Waals surface area contributed by atoms with E-state index >= 15 is 0 Å². The summed E-state index contributed by atoms with van der Waals surface area (Å²) in [4.78, 5) is 12.4. The van der Waals surface area contributed by atoms with Gasteiger partial charge in [-0.05, 0) is 42.8 Å². The number of benzene rings is 2. The molecule has 1 amide bonds. The summed E-state index contributed by atoms with van der Waals surface area (Å²) in [6, 6.07) is 12.6. The summed E-state index contributed by atoms with van der Waals surface area (Å²) >= 11 is 7.66. The zero-order valence-corrected chi connectivity index (χ0v) is 16.8. The van der Waals surface area contributed by atoms with Crippen LogP contribution in [0.5, 0.6) is 11.5 Å². The van der Waals surface area contributed by atoms with Crippen molar-refractivity contribution in [2.45, 2.75) is 12.2 Å². The average Bonchev–Trinajstić information content (AvgIpc) is 2.88. The lowest BCUT2D eigenvalue weighted by Gasteiger charge is -2.16. The van der Waals surface area contributed by atoms with Gasteiger partial charge in [-0.15, -0.1) is 11.8 Å². The fraction of sp³-hybridized carbons (Fsp3) is 0.200. The number of halogens is 1. The molecule has 0 aliphatic carbocycles. The van der Waals surface area contributed by atoms with Crippen molar-refractivity contribution in [2.75, 3.05) is 18.2 Å². The molecule has 1 aliphatic rings. The van der Waals surface area contributed by atoms with E-state index < -0.39 is 0 Å². The lowest BCUT2D eigenvalue weighted by molar-refractivity contribution is -0.113. The summed E-state index contributed by atoms with van der Waals surface area (Å²) in [7, 11) is 1.51. The van der Waals surface area contributed by atoms with Gasteiger partial charge in [0.25, 0.3) is 0 Å². The predicted molar refractivity (Wildman–Crippen MR) is 111 cm³/mol. The number of aryl methyl sites for hydroxylation is 1. The van der Waals surface area contributed by atoms with Crippen molar-refractivity contribution in [3.63, 3.8) is 0 Å². The second kappa shape index (κ2) is 7.41. The molecule has 4 rings (SSSR count). The van der Waals surface area contributed by atoms with Crippen molar-refractivity contribution in [3.05, 3.63) is 64.3 Å². The van der Waals surface area contributed by atoms with Crippen LogP contribution in [0.15, 0.2) is 42.5 Å². The Bertz CT molecular complexity index is 1070. The van der Waals surface area contributed by atoms with Crippen LogP contribution in [0.1, 0.15) is 22.1 Å². The number of anilines is 1. The quantitative estimate of drug-likeness (QED) is 0.666. The summed E-state index contributed by atoms with van der Waals surface area (Å²) < 4.78 is 6.97. The van der Waals surface area contributed by atoms with Gasteiger partial charge in [0, 0.05) is 10.6 Å². The monoisotopic (exact) mass is 415 g/mol. The maximum atomic E-state index is 12.4. The Hall–Kier alpha value is -2.64. The highest BCUT2D eigenvalue weighted by Gasteiger charge is 2.31. The zero-order valence-electron chi connectivity index (χ0n) is 15.3. The number of thioether (sulfide) groups is 1. The van der Waals surface area contributed by atoms with E-state index in [1.807, 2.05) is 25.1 Å². The normalized spacial score (nSPS) is 16.2. The molecule has 0 fully saturated rings. The molecule has 8 heteroatoms. The lowest BCUT2D eigenvalue weighted by atomic mass is 10.0. The number of ether oxygens (including phenoxy) is 1. The highest BCUT2D eigenvalue weighted by molar-refractivity contribution is 8.00. The topological polar surface area (TPSA) is 76.4 Å². The molecule has 2 heterocycles. The molecule has 3 aromatic rings. The molecule has 1 aromatic heterocycles. The highest BCUT2D eigenvalue weighted by Crippen LogP contribution is 2.45. The Kier molecular flexibility index (Phi) is 4.95. The largest absolute Gasteiger partial charge is 0.504 e. The Labute approximate surface area is 171 Å². The van der Waals surface area contributed by atoms with Gasteiger partial charge in [0.05, 0.1) is 29.5 Å². The van der Waals surface area contributed by atoms with Gasteiger partial charge in [0.1, 0.15) is 5.82 Å². The Morgan fingerprint density at radius 1 is 1.32 bits per heavy atom. The van der Waals surface area contributed by atoms with Crippen molar-refractivity contribution in [2.24, 2.45) is 0 Å². The first kappa shape index (κ1) is 18.7. The van der Waals surface area contributed by atoms with E-state index in [2.05, 4.69) is 10.4 Å². The molecule has 2 N–H and O–H groups in total. The van der Waals surface area contributed by atoms with Crippen molar-refractivity contribution in [1.29, 1.82) is 0 Å². The average molecular weight is 416 g/mol. The van der Waals surface area contributed by atoms with E-state index in [4.69, 9.17) is 16.3 Å². The number of carbonyl (C=O) groups excluding carboxylic acids is 1. The minimum Gasteiger partial charge on any atom is -0.504 e. The van der Waals surface area contributed by atoms with Crippen LogP contribution in [-0.4, -0.2) is 33.7 Å². The molecule has 2 aromatic carbocycles. The number of amides is 1. The minimum absolute atomic E-state index is 0.0747. The van der Waals surface area contributed by atoms with Crippen LogP contribution in [0.25, 0.3) is 5.69 Å². The summed E-state index contributed by atoms with van der Waals surface area (Å²) in [6.45, 7) is 1.92. The van der Waals surface area contributed by atoms with Crippen LogP contribution in [0.2, 0.25) is 5.02 Å². The third-order valence-electron chi connectivity index (χ3n) is 4.57. The van der Waals surface area contributed by atoms with E-state index in [0.29, 0.717) is 22.3 Å².